The Balaban J connectivity index is 1.68. The van der Waals surface area contributed by atoms with Gasteiger partial charge in [-0.1, -0.05) is 13.0 Å². The van der Waals surface area contributed by atoms with E-state index >= 15 is 0 Å². The highest BCUT2D eigenvalue weighted by Gasteiger charge is 2.27. The summed E-state index contributed by atoms with van der Waals surface area (Å²) in [5.74, 6) is -0.455. The summed E-state index contributed by atoms with van der Waals surface area (Å²) in [6.45, 7) is 3.74. The summed E-state index contributed by atoms with van der Waals surface area (Å²) in [6, 6.07) is 8.24. The molecule has 7 nitrogen and oxygen atoms in total. The van der Waals surface area contributed by atoms with E-state index in [2.05, 4.69) is 15.6 Å². The molecular weight excluding hydrogens is 398 g/mol. The lowest BCUT2D eigenvalue weighted by Gasteiger charge is -2.23. The molecule has 148 valence electrons. The first-order valence-electron chi connectivity index (χ1n) is 8.86. The lowest BCUT2D eigenvalue weighted by molar-refractivity contribution is -0.116. The Morgan fingerprint density at radius 1 is 1.32 bits per heavy atom. The van der Waals surface area contributed by atoms with Crippen molar-refractivity contribution in [2.75, 3.05) is 16.4 Å². The van der Waals surface area contributed by atoms with E-state index in [1.807, 2.05) is 19.9 Å². The molecule has 0 aliphatic carbocycles. The Kier molecular flexibility index (Phi) is 6.04. The average molecular weight is 420 g/mol. The van der Waals surface area contributed by atoms with Crippen molar-refractivity contribution in [2.24, 2.45) is 0 Å². The van der Waals surface area contributed by atoms with Gasteiger partial charge in [0, 0.05) is 17.5 Å². The molecule has 28 heavy (non-hydrogen) atoms. The lowest BCUT2D eigenvalue weighted by atomic mass is 10.2. The van der Waals surface area contributed by atoms with Crippen LogP contribution in [0.1, 0.15) is 25.3 Å². The highest BCUT2D eigenvalue weighted by atomic mass is 32.2. The van der Waals surface area contributed by atoms with E-state index < -0.39 is 15.7 Å². The number of amides is 2. The molecule has 0 saturated heterocycles. The average Bonchev–Trinajstić information content (AvgIpc) is 2.67. The number of fused-ring (bicyclic) bond motifs is 1. The number of pyridine rings is 1. The molecule has 1 aromatic carbocycles. The quantitative estimate of drug-likeness (QED) is 0.746. The monoisotopic (exact) mass is 419 g/mol. The zero-order valence-electron chi connectivity index (χ0n) is 15.6. The predicted molar refractivity (Wildman–Crippen MR) is 109 cm³/mol. The van der Waals surface area contributed by atoms with Gasteiger partial charge >= 0.3 is 0 Å². The molecule has 0 fully saturated rings. The van der Waals surface area contributed by atoms with Crippen molar-refractivity contribution in [1.29, 1.82) is 0 Å². The van der Waals surface area contributed by atoms with Crippen LogP contribution >= 0.6 is 11.8 Å². The van der Waals surface area contributed by atoms with Crippen LogP contribution < -0.4 is 10.6 Å². The molecule has 1 aliphatic rings. The second kappa shape index (κ2) is 8.32. The summed E-state index contributed by atoms with van der Waals surface area (Å²) in [6.07, 6.45) is 2.07. The van der Waals surface area contributed by atoms with Gasteiger partial charge in [0.25, 0.3) is 0 Å². The van der Waals surface area contributed by atoms with E-state index in [-0.39, 0.29) is 28.2 Å². The Hall–Kier alpha value is -2.39. The second-order valence-electron chi connectivity index (χ2n) is 6.45. The van der Waals surface area contributed by atoms with Crippen molar-refractivity contribution in [1.82, 2.24) is 4.98 Å². The fourth-order valence-electron chi connectivity index (χ4n) is 2.75. The number of carbonyl (C=O) groups excluding carboxylic acids is 2. The van der Waals surface area contributed by atoms with E-state index in [4.69, 9.17) is 0 Å². The molecule has 1 unspecified atom stereocenters. The minimum atomic E-state index is -3.67. The first-order chi connectivity index (χ1) is 13.3. The summed E-state index contributed by atoms with van der Waals surface area (Å²) < 4.78 is 25.3. The topological polar surface area (TPSA) is 105 Å². The number of aryl methyl sites for hydroxylation is 1. The molecule has 1 aromatic heterocycles. The molecule has 2 aromatic rings. The summed E-state index contributed by atoms with van der Waals surface area (Å²) in [5.41, 5.74) is 1.29. The number of nitrogens with zero attached hydrogens (tertiary/aromatic N) is 1. The van der Waals surface area contributed by atoms with Gasteiger partial charge in [-0.05, 0) is 43.2 Å². The molecule has 0 spiro atoms. The van der Waals surface area contributed by atoms with Crippen molar-refractivity contribution < 1.29 is 18.0 Å². The third-order valence-corrected chi connectivity index (χ3v) is 7.52. The first-order valence-corrected chi connectivity index (χ1v) is 11.4. The molecular formula is C19H21N3O4S2. The summed E-state index contributed by atoms with van der Waals surface area (Å²) in [5, 5.41) is 5.22. The van der Waals surface area contributed by atoms with Gasteiger partial charge in [-0.3, -0.25) is 9.59 Å². The Labute approximate surface area is 168 Å². The van der Waals surface area contributed by atoms with Crippen LogP contribution in [0.4, 0.5) is 11.5 Å². The van der Waals surface area contributed by atoms with Gasteiger partial charge in [0.05, 0.1) is 21.6 Å². The van der Waals surface area contributed by atoms with Crippen molar-refractivity contribution in [3.8, 4) is 0 Å². The van der Waals surface area contributed by atoms with E-state index in [1.165, 1.54) is 23.9 Å². The highest BCUT2D eigenvalue weighted by molar-refractivity contribution is 8.01. The molecule has 1 atom stereocenters. The summed E-state index contributed by atoms with van der Waals surface area (Å²) >= 11 is 1.43. The third kappa shape index (κ3) is 4.53. The summed E-state index contributed by atoms with van der Waals surface area (Å²) in [4.78, 5) is 29.1. The van der Waals surface area contributed by atoms with E-state index in [0.29, 0.717) is 17.9 Å². The van der Waals surface area contributed by atoms with Crippen LogP contribution in [0.15, 0.2) is 46.3 Å². The zero-order chi connectivity index (χ0) is 20.3. The molecule has 0 bridgehead atoms. The SMILES string of the molecule is CCC1Sc2ccc(S(=O)(=O)CCC(=O)Nc3ncccc3C)cc2NC1=O. The second-order valence-corrected chi connectivity index (χ2v) is 9.80. The van der Waals surface area contributed by atoms with Crippen molar-refractivity contribution in [3.63, 3.8) is 0 Å². The van der Waals surface area contributed by atoms with Gasteiger partial charge in [-0.25, -0.2) is 13.4 Å². The molecule has 2 amide bonds. The highest BCUT2D eigenvalue weighted by Crippen LogP contribution is 2.38. The van der Waals surface area contributed by atoms with Crippen molar-refractivity contribution in [3.05, 3.63) is 42.1 Å². The molecule has 2 heterocycles. The number of rotatable bonds is 6. The van der Waals surface area contributed by atoms with Crippen LogP contribution in [0.2, 0.25) is 0 Å². The number of sulfone groups is 1. The van der Waals surface area contributed by atoms with E-state index in [1.54, 1.807) is 18.3 Å². The van der Waals surface area contributed by atoms with Gasteiger partial charge in [0.2, 0.25) is 11.8 Å². The van der Waals surface area contributed by atoms with Crippen molar-refractivity contribution >= 4 is 44.9 Å². The Bertz CT molecular complexity index is 1020. The number of hydrogen-bond acceptors (Lipinski definition) is 6. The standard InChI is InChI=1S/C19H21N3O4S2/c1-3-15-19(24)21-14-11-13(6-7-16(14)27-15)28(25,26)10-8-17(23)22-18-12(2)5-4-9-20-18/h4-7,9,11,15H,3,8,10H2,1-2H3,(H,21,24)(H,20,22,23). The third-order valence-electron chi connectivity index (χ3n) is 4.37. The van der Waals surface area contributed by atoms with Gasteiger partial charge in [0.15, 0.2) is 9.84 Å². The maximum atomic E-state index is 12.6. The van der Waals surface area contributed by atoms with Crippen LogP contribution in [0.3, 0.4) is 0 Å². The molecule has 3 rings (SSSR count). The lowest BCUT2D eigenvalue weighted by Crippen LogP contribution is -2.28. The number of anilines is 2. The number of aromatic nitrogens is 1. The molecule has 1 aliphatic heterocycles. The molecule has 0 saturated carbocycles. The summed E-state index contributed by atoms with van der Waals surface area (Å²) in [7, 11) is -3.67. The molecule has 9 heteroatoms. The van der Waals surface area contributed by atoms with E-state index in [9.17, 15) is 18.0 Å². The predicted octanol–water partition coefficient (Wildman–Crippen LogP) is 3.02. The first kappa shape index (κ1) is 20.3. The number of carbonyl (C=O) groups is 2. The van der Waals surface area contributed by atoms with Gasteiger partial charge < -0.3 is 10.6 Å². The van der Waals surface area contributed by atoms with Crippen molar-refractivity contribution in [2.45, 2.75) is 41.7 Å². The maximum Gasteiger partial charge on any atom is 0.237 e. The maximum absolute atomic E-state index is 12.6. The van der Waals surface area contributed by atoms with Gasteiger partial charge in [0.1, 0.15) is 5.82 Å². The van der Waals surface area contributed by atoms with Crippen LogP contribution in [0, 0.1) is 6.92 Å². The fraction of sp³-hybridized carbons (Fsp3) is 0.316. The minimum absolute atomic E-state index is 0.0870. The number of hydrogen-bond donors (Lipinski definition) is 2. The van der Waals surface area contributed by atoms with E-state index in [0.717, 1.165) is 10.5 Å². The Morgan fingerprint density at radius 2 is 2.11 bits per heavy atom. The minimum Gasteiger partial charge on any atom is -0.324 e. The normalized spacial score (nSPS) is 16.2. The zero-order valence-corrected chi connectivity index (χ0v) is 17.2. The van der Waals surface area contributed by atoms with Gasteiger partial charge in [-0.2, -0.15) is 0 Å². The number of benzene rings is 1. The smallest absolute Gasteiger partial charge is 0.237 e. The number of nitrogens with one attached hydrogen (secondary N) is 2. The number of thioether (sulfide) groups is 1. The van der Waals surface area contributed by atoms with Crippen LogP contribution in [0.25, 0.3) is 0 Å². The van der Waals surface area contributed by atoms with Crippen LogP contribution in [0.5, 0.6) is 0 Å². The van der Waals surface area contributed by atoms with Crippen LogP contribution in [-0.2, 0) is 19.4 Å². The molecule has 2 N–H and O–H groups in total. The van der Waals surface area contributed by atoms with Gasteiger partial charge in [-0.15, -0.1) is 11.8 Å². The molecule has 0 radical (unpaired) electrons. The fourth-order valence-corrected chi connectivity index (χ4v) is 5.03. The largest absolute Gasteiger partial charge is 0.324 e. The van der Waals surface area contributed by atoms with Crippen LogP contribution in [-0.4, -0.2) is 36.2 Å². The Morgan fingerprint density at radius 3 is 2.82 bits per heavy atom.